The first-order valence-corrected chi connectivity index (χ1v) is 8.54. The van der Waals surface area contributed by atoms with Gasteiger partial charge in [-0.2, -0.15) is 0 Å². The molecule has 0 spiro atoms. The maximum absolute atomic E-state index is 12.5. The Balaban J connectivity index is 4.45. The molecule has 0 aliphatic rings. The van der Waals surface area contributed by atoms with Gasteiger partial charge in [0.25, 0.3) is 0 Å². The van der Waals surface area contributed by atoms with E-state index < -0.39 is 7.82 Å². The highest BCUT2D eigenvalue weighted by Gasteiger charge is 2.31. The summed E-state index contributed by atoms with van der Waals surface area (Å²) < 4.78 is 28.8. The van der Waals surface area contributed by atoms with Crippen molar-refractivity contribution in [2.75, 3.05) is 6.61 Å². The first-order chi connectivity index (χ1) is 8.47. The third-order valence-corrected chi connectivity index (χ3v) is 4.20. The molecule has 4 nitrogen and oxygen atoms in total. The molecule has 0 saturated carbocycles. The smallest absolute Gasteiger partial charge is 0.287 e. The largest absolute Gasteiger partial charge is 0.475 e. The van der Waals surface area contributed by atoms with Gasteiger partial charge >= 0.3 is 7.82 Å². The van der Waals surface area contributed by atoms with E-state index >= 15 is 0 Å². The normalized spacial score (nSPS) is 18.3. The van der Waals surface area contributed by atoms with Crippen LogP contribution in [0, 0.1) is 0 Å². The van der Waals surface area contributed by atoms with E-state index in [-0.39, 0.29) is 12.2 Å². The van der Waals surface area contributed by atoms with Gasteiger partial charge in [-0.3, -0.25) is 13.6 Å². The molecule has 0 aromatic rings. The first-order valence-electron chi connectivity index (χ1n) is 7.08. The molecule has 5 heteroatoms. The maximum atomic E-state index is 12.5. The van der Waals surface area contributed by atoms with Crippen LogP contribution < -0.4 is 0 Å². The zero-order chi connectivity index (χ0) is 14.0. The molecule has 0 fully saturated rings. The molecule has 2 atom stereocenters. The fraction of sp³-hybridized carbons (Fsp3) is 1.00. The highest BCUT2D eigenvalue weighted by Crippen LogP contribution is 2.52. The minimum atomic E-state index is -3.41. The lowest BCUT2D eigenvalue weighted by molar-refractivity contribution is 0.0570. The molecule has 0 amide bonds. The van der Waals surface area contributed by atoms with Crippen molar-refractivity contribution in [2.24, 2.45) is 0 Å². The number of rotatable bonds is 11. The third-order valence-electron chi connectivity index (χ3n) is 2.46. The average Bonchev–Trinajstić information content (AvgIpc) is 2.26. The van der Waals surface area contributed by atoms with Crippen LogP contribution in [0.4, 0.5) is 0 Å². The fourth-order valence-corrected chi connectivity index (χ4v) is 3.32. The molecule has 0 N–H and O–H groups in total. The molecular formula is C13H29O4P. The lowest BCUT2D eigenvalue weighted by Crippen LogP contribution is -2.14. The van der Waals surface area contributed by atoms with Gasteiger partial charge in [-0.25, -0.2) is 4.57 Å². The van der Waals surface area contributed by atoms with Crippen molar-refractivity contribution in [1.82, 2.24) is 0 Å². The van der Waals surface area contributed by atoms with E-state index in [1.165, 1.54) is 0 Å². The summed E-state index contributed by atoms with van der Waals surface area (Å²) in [6.07, 6.45) is 4.26. The molecule has 0 aliphatic heterocycles. The highest BCUT2D eigenvalue weighted by molar-refractivity contribution is 7.48. The van der Waals surface area contributed by atoms with Crippen LogP contribution in [0.5, 0.6) is 0 Å². The number of hydrogen-bond acceptors (Lipinski definition) is 4. The van der Waals surface area contributed by atoms with Gasteiger partial charge in [-0.05, 0) is 33.1 Å². The number of phosphoric acid groups is 1. The monoisotopic (exact) mass is 280 g/mol. The Morgan fingerprint density at radius 2 is 1.33 bits per heavy atom. The molecule has 2 unspecified atom stereocenters. The lowest BCUT2D eigenvalue weighted by atomic mass is 10.2. The topological polar surface area (TPSA) is 44.8 Å². The van der Waals surface area contributed by atoms with Crippen LogP contribution in [-0.2, 0) is 18.1 Å². The highest BCUT2D eigenvalue weighted by atomic mass is 31.2. The summed E-state index contributed by atoms with van der Waals surface area (Å²) in [5.41, 5.74) is 0. The second-order valence-electron chi connectivity index (χ2n) is 4.69. The van der Waals surface area contributed by atoms with Crippen molar-refractivity contribution in [3.05, 3.63) is 0 Å². The molecule has 18 heavy (non-hydrogen) atoms. The van der Waals surface area contributed by atoms with E-state index in [0.717, 1.165) is 32.1 Å². The molecule has 0 bridgehead atoms. The Hall–Kier alpha value is 0.110. The van der Waals surface area contributed by atoms with Crippen molar-refractivity contribution in [2.45, 2.75) is 78.9 Å². The van der Waals surface area contributed by atoms with Crippen LogP contribution in [0.25, 0.3) is 0 Å². The van der Waals surface area contributed by atoms with Crippen LogP contribution in [0.1, 0.15) is 66.7 Å². The maximum Gasteiger partial charge on any atom is 0.475 e. The lowest BCUT2D eigenvalue weighted by Gasteiger charge is -2.24. The molecule has 0 rings (SSSR count). The Morgan fingerprint density at radius 1 is 0.889 bits per heavy atom. The van der Waals surface area contributed by atoms with Crippen molar-refractivity contribution in [3.8, 4) is 0 Å². The van der Waals surface area contributed by atoms with Gasteiger partial charge in [0.15, 0.2) is 0 Å². The second kappa shape index (κ2) is 9.96. The van der Waals surface area contributed by atoms with Gasteiger partial charge in [0, 0.05) is 0 Å². The summed E-state index contributed by atoms with van der Waals surface area (Å²) >= 11 is 0. The summed E-state index contributed by atoms with van der Waals surface area (Å²) in [4.78, 5) is 0. The van der Waals surface area contributed by atoms with Gasteiger partial charge in [0.1, 0.15) is 0 Å². The van der Waals surface area contributed by atoms with Crippen molar-refractivity contribution in [3.63, 3.8) is 0 Å². The standard InChI is InChI=1S/C13H29O4P/c1-6-9-12(4)16-18(14,15-11-8-3)17-13(5)10-7-2/h12-13H,6-11H2,1-5H3. The predicted octanol–water partition coefficient (Wildman–Crippen LogP) is 4.93. The average molecular weight is 280 g/mol. The van der Waals surface area contributed by atoms with E-state index in [4.69, 9.17) is 13.6 Å². The van der Waals surface area contributed by atoms with E-state index in [0.29, 0.717) is 6.61 Å². The molecule has 0 aliphatic carbocycles. The summed E-state index contributed by atoms with van der Waals surface area (Å²) in [7, 11) is -3.41. The molecule has 0 aromatic carbocycles. The van der Waals surface area contributed by atoms with Gasteiger partial charge in [-0.15, -0.1) is 0 Å². The van der Waals surface area contributed by atoms with E-state index in [9.17, 15) is 4.57 Å². The Labute approximate surface area is 112 Å². The fourth-order valence-electron chi connectivity index (χ4n) is 1.65. The molecule has 0 heterocycles. The van der Waals surface area contributed by atoms with Gasteiger partial charge < -0.3 is 0 Å². The van der Waals surface area contributed by atoms with Gasteiger partial charge in [0.2, 0.25) is 0 Å². The quantitative estimate of drug-likeness (QED) is 0.503. The molecule has 0 radical (unpaired) electrons. The Morgan fingerprint density at radius 3 is 1.67 bits per heavy atom. The first kappa shape index (κ1) is 18.1. The van der Waals surface area contributed by atoms with E-state index in [1.807, 2.05) is 20.8 Å². The molecule has 0 saturated heterocycles. The second-order valence-corrected chi connectivity index (χ2v) is 6.26. The van der Waals surface area contributed by atoms with Crippen LogP contribution in [0.15, 0.2) is 0 Å². The van der Waals surface area contributed by atoms with Crippen molar-refractivity contribution in [1.29, 1.82) is 0 Å². The number of hydrogen-bond donors (Lipinski definition) is 0. The van der Waals surface area contributed by atoms with Crippen molar-refractivity contribution < 1.29 is 18.1 Å². The molecule has 0 aromatic heterocycles. The predicted molar refractivity (Wildman–Crippen MR) is 74.8 cm³/mol. The van der Waals surface area contributed by atoms with Crippen molar-refractivity contribution >= 4 is 7.82 Å². The Kier molecular flexibility index (Phi) is 10.0. The van der Waals surface area contributed by atoms with E-state index in [1.54, 1.807) is 0 Å². The summed E-state index contributed by atoms with van der Waals surface area (Å²) in [6.45, 7) is 10.3. The minimum absolute atomic E-state index is 0.105. The van der Waals surface area contributed by atoms with Crippen LogP contribution in [0.2, 0.25) is 0 Å². The zero-order valence-corrected chi connectivity index (χ0v) is 13.4. The van der Waals surface area contributed by atoms with Crippen LogP contribution in [-0.4, -0.2) is 18.8 Å². The van der Waals surface area contributed by atoms with Crippen LogP contribution in [0.3, 0.4) is 0 Å². The Bertz CT molecular complexity index is 227. The third kappa shape index (κ3) is 8.25. The summed E-state index contributed by atoms with van der Waals surface area (Å²) in [5.74, 6) is 0. The minimum Gasteiger partial charge on any atom is -0.287 e. The summed E-state index contributed by atoms with van der Waals surface area (Å²) in [6, 6.07) is 0. The zero-order valence-electron chi connectivity index (χ0n) is 12.5. The van der Waals surface area contributed by atoms with Gasteiger partial charge in [-0.1, -0.05) is 33.6 Å². The van der Waals surface area contributed by atoms with Gasteiger partial charge in [0.05, 0.1) is 18.8 Å². The number of phosphoric ester groups is 1. The molecule has 110 valence electrons. The SMILES string of the molecule is CCCOP(=O)(OC(C)CCC)OC(C)CCC. The molecular weight excluding hydrogens is 251 g/mol. The van der Waals surface area contributed by atoms with E-state index in [2.05, 4.69) is 13.8 Å². The summed E-state index contributed by atoms with van der Waals surface area (Å²) in [5, 5.41) is 0. The van der Waals surface area contributed by atoms with Crippen LogP contribution >= 0.6 is 7.82 Å².